The van der Waals surface area contributed by atoms with Crippen LogP contribution < -0.4 is 10.6 Å². The zero-order valence-corrected chi connectivity index (χ0v) is 14.4. The SMILES string of the molecule is CCNC(=O)CCNC1CCCN(C(=O)OC(C)(C)C)CC1. The molecule has 22 heavy (non-hydrogen) atoms. The normalized spacial score (nSPS) is 19.5. The van der Waals surface area contributed by atoms with E-state index in [4.69, 9.17) is 4.74 Å². The van der Waals surface area contributed by atoms with Crippen molar-refractivity contribution in [2.45, 2.75) is 65.0 Å². The molecule has 1 aliphatic heterocycles. The molecule has 0 aromatic carbocycles. The molecule has 0 saturated carbocycles. The summed E-state index contributed by atoms with van der Waals surface area (Å²) < 4.78 is 5.42. The lowest BCUT2D eigenvalue weighted by molar-refractivity contribution is -0.120. The predicted octanol–water partition coefficient (Wildman–Crippen LogP) is 1.89. The van der Waals surface area contributed by atoms with E-state index < -0.39 is 5.60 Å². The van der Waals surface area contributed by atoms with Crippen LogP contribution in [0.3, 0.4) is 0 Å². The van der Waals surface area contributed by atoms with Gasteiger partial charge in [0.1, 0.15) is 5.60 Å². The van der Waals surface area contributed by atoms with Crippen LogP contribution >= 0.6 is 0 Å². The number of hydrogen-bond donors (Lipinski definition) is 2. The minimum atomic E-state index is -0.451. The van der Waals surface area contributed by atoms with Crippen LogP contribution in [0.1, 0.15) is 53.4 Å². The molecule has 0 spiro atoms. The van der Waals surface area contributed by atoms with Crippen LogP contribution in [0.2, 0.25) is 0 Å². The van der Waals surface area contributed by atoms with Crippen LogP contribution in [-0.2, 0) is 9.53 Å². The maximum absolute atomic E-state index is 12.1. The van der Waals surface area contributed by atoms with E-state index in [1.54, 1.807) is 4.90 Å². The molecule has 2 N–H and O–H groups in total. The summed E-state index contributed by atoms with van der Waals surface area (Å²) in [7, 11) is 0. The highest BCUT2D eigenvalue weighted by Crippen LogP contribution is 2.15. The zero-order chi connectivity index (χ0) is 16.6. The molecule has 1 aliphatic rings. The van der Waals surface area contributed by atoms with Crippen molar-refractivity contribution in [3.8, 4) is 0 Å². The molecule has 1 unspecified atom stereocenters. The maximum atomic E-state index is 12.1. The first-order chi connectivity index (χ1) is 10.3. The van der Waals surface area contributed by atoms with E-state index in [1.807, 2.05) is 27.7 Å². The van der Waals surface area contributed by atoms with Gasteiger partial charge in [-0.15, -0.1) is 0 Å². The Morgan fingerprint density at radius 2 is 1.95 bits per heavy atom. The Kier molecular flexibility index (Phi) is 7.65. The molecule has 1 saturated heterocycles. The van der Waals surface area contributed by atoms with Gasteiger partial charge in [0.05, 0.1) is 0 Å². The summed E-state index contributed by atoms with van der Waals surface area (Å²) >= 11 is 0. The molecule has 0 aromatic rings. The van der Waals surface area contributed by atoms with Gasteiger partial charge in [-0.2, -0.15) is 0 Å². The van der Waals surface area contributed by atoms with E-state index >= 15 is 0 Å². The third kappa shape index (κ3) is 7.64. The van der Waals surface area contributed by atoms with Crippen molar-refractivity contribution in [1.82, 2.24) is 15.5 Å². The van der Waals surface area contributed by atoms with Gasteiger partial charge in [-0.25, -0.2) is 4.79 Å². The smallest absolute Gasteiger partial charge is 0.410 e. The van der Waals surface area contributed by atoms with E-state index in [0.29, 0.717) is 32.1 Å². The Hall–Kier alpha value is -1.30. The first-order valence-electron chi connectivity index (χ1n) is 8.30. The van der Waals surface area contributed by atoms with Crippen LogP contribution in [0.5, 0.6) is 0 Å². The molecule has 0 radical (unpaired) electrons. The number of hydrogen-bond acceptors (Lipinski definition) is 4. The summed E-state index contributed by atoms with van der Waals surface area (Å²) in [5.74, 6) is 0.0824. The van der Waals surface area contributed by atoms with Gasteiger partial charge in [0.25, 0.3) is 0 Å². The quantitative estimate of drug-likeness (QED) is 0.813. The predicted molar refractivity (Wildman–Crippen MR) is 86.7 cm³/mol. The van der Waals surface area contributed by atoms with Crippen LogP contribution in [0.15, 0.2) is 0 Å². The van der Waals surface area contributed by atoms with Gasteiger partial charge in [-0.05, 0) is 47.0 Å². The first-order valence-corrected chi connectivity index (χ1v) is 8.30. The number of nitrogens with zero attached hydrogens (tertiary/aromatic N) is 1. The first kappa shape index (κ1) is 18.7. The lowest BCUT2D eigenvalue weighted by Gasteiger charge is -2.26. The molecule has 128 valence electrons. The fourth-order valence-electron chi connectivity index (χ4n) is 2.48. The average Bonchev–Trinajstić information content (AvgIpc) is 2.63. The minimum Gasteiger partial charge on any atom is -0.444 e. The van der Waals surface area contributed by atoms with E-state index in [0.717, 1.165) is 25.8 Å². The topological polar surface area (TPSA) is 70.7 Å². The second-order valence-corrected chi connectivity index (χ2v) is 6.75. The highest BCUT2D eigenvalue weighted by molar-refractivity contribution is 5.75. The monoisotopic (exact) mass is 313 g/mol. The van der Waals surface area contributed by atoms with Gasteiger partial charge in [-0.1, -0.05) is 0 Å². The second-order valence-electron chi connectivity index (χ2n) is 6.75. The Morgan fingerprint density at radius 1 is 1.23 bits per heavy atom. The molecular formula is C16H31N3O3. The van der Waals surface area contributed by atoms with E-state index in [9.17, 15) is 9.59 Å². The molecule has 0 bridgehead atoms. The third-order valence-electron chi connectivity index (χ3n) is 3.54. The number of carbonyl (C=O) groups is 2. The third-order valence-corrected chi connectivity index (χ3v) is 3.54. The summed E-state index contributed by atoms with van der Waals surface area (Å²) in [5.41, 5.74) is -0.451. The van der Waals surface area contributed by atoms with Gasteiger partial charge in [0.2, 0.25) is 5.91 Å². The number of amides is 2. The molecule has 1 rings (SSSR count). The number of likely N-dealkylation sites (tertiary alicyclic amines) is 1. The van der Waals surface area contributed by atoms with E-state index in [1.165, 1.54) is 0 Å². The minimum absolute atomic E-state index is 0.0824. The number of rotatable bonds is 5. The van der Waals surface area contributed by atoms with Crippen molar-refractivity contribution in [3.63, 3.8) is 0 Å². The van der Waals surface area contributed by atoms with Crippen molar-refractivity contribution in [2.24, 2.45) is 0 Å². The standard InChI is InChI=1S/C16H31N3O3/c1-5-17-14(20)8-10-18-13-7-6-11-19(12-9-13)15(21)22-16(2,3)4/h13,18H,5-12H2,1-4H3,(H,17,20). The fraction of sp³-hybridized carbons (Fsp3) is 0.875. The summed E-state index contributed by atoms with van der Waals surface area (Å²) in [6.45, 7) is 10.4. The van der Waals surface area contributed by atoms with Crippen LogP contribution in [0, 0.1) is 0 Å². The summed E-state index contributed by atoms with van der Waals surface area (Å²) in [5, 5.41) is 6.21. The largest absolute Gasteiger partial charge is 0.444 e. The molecule has 1 heterocycles. The second kappa shape index (κ2) is 8.98. The van der Waals surface area contributed by atoms with Gasteiger partial charge >= 0.3 is 6.09 Å². The molecule has 6 heteroatoms. The Morgan fingerprint density at radius 3 is 2.59 bits per heavy atom. The summed E-state index contributed by atoms with van der Waals surface area (Å²) in [4.78, 5) is 25.3. The highest BCUT2D eigenvalue weighted by atomic mass is 16.6. The van der Waals surface area contributed by atoms with Crippen molar-refractivity contribution in [3.05, 3.63) is 0 Å². The molecule has 0 aliphatic carbocycles. The molecular weight excluding hydrogens is 282 g/mol. The Bertz CT molecular complexity index is 366. The van der Waals surface area contributed by atoms with Gasteiger partial charge in [-0.3, -0.25) is 4.79 Å². The lowest BCUT2D eigenvalue weighted by atomic mass is 10.1. The molecule has 0 aromatic heterocycles. The summed E-state index contributed by atoms with van der Waals surface area (Å²) in [6, 6.07) is 0.363. The molecule has 6 nitrogen and oxygen atoms in total. The lowest BCUT2D eigenvalue weighted by Crippen LogP contribution is -2.38. The maximum Gasteiger partial charge on any atom is 0.410 e. The zero-order valence-electron chi connectivity index (χ0n) is 14.4. The molecule has 2 amide bonds. The fourth-order valence-corrected chi connectivity index (χ4v) is 2.48. The highest BCUT2D eigenvalue weighted by Gasteiger charge is 2.24. The van der Waals surface area contributed by atoms with Crippen LogP contribution in [0.4, 0.5) is 4.79 Å². The number of ether oxygens (including phenoxy) is 1. The number of nitrogens with one attached hydrogen (secondary N) is 2. The molecule has 1 fully saturated rings. The van der Waals surface area contributed by atoms with Crippen molar-refractivity contribution < 1.29 is 14.3 Å². The van der Waals surface area contributed by atoms with Crippen molar-refractivity contribution >= 4 is 12.0 Å². The Balaban J connectivity index is 2.30. The number of carbonyl (C=O) groups excluding carboxylic acids is 2. The summed E-state index contributed by atoms with van der Waals surface area (Å²) in [6.07, 6.45) is 3.15. The molecule has 1 atom stereocenters. The van der Waals surface area contributed by atoms with Gasteiger partial charge < -0.3 is 20.3 Å². The van der Waals surface area contributed by atoms with Crippen LogP contribution in [0.25, 0.3) is 0 Å². The Labute approximate surface area is 134 Å². The average molecular weight is 313 g/mol. The van der Waals surface area contributed by atoms with Gasteiger partial charge in [0.15, 0.2) is 0 Å². The van der Waals surface area contributed by atoms with Crippen molar-refractivity contribution in [1.29, 1.82) is 0 Å². The van der Waals surface area contributed by atoms with Crippen molar-refractivity contribution in [2.75, 3.05) is 26.2 Å². The van der Waals surface area contributed by atoms with Crippen LogP contribution in [-0.4, -0.2) is 54.7 Å². The van der Waals surface area contributed by atoms with E-state index in [-0.39, 0.29) is 12.0 Å². The van der Waals surface area contributed by atoms with Gasteiger partial charge in [0, 0.05) is 38.6 Å². The van der Waals surface area contributed by atoms with E-state index in [2.05, 4.69) is 10.6 Å².